The molecule has 1 aliphatic rings. The number of ether oxygens (including phenoxy) is 2. The molecule has 0 unspecified atom stereocenters. The van der Waals surface area contributed by atoms with E-state index in [-0.39, 0.29) is 24.6 Å². The summed E-state index contributed by atoms with van der Waals surface area (Å²) in [5.74, 6) is 0.851. The number of nitro groups is 1. The highest BCUT2D eigenvalue weighted by molar-refractivity contribution is 7.98. The van der Waals surface area contributed by atoms with Crippen LogP contribution in [-0.4, -0.2) is 17.6 Å². The van der Waals surface area contributed by atoms with E-state index in [1.54, 1.807) is 24.3 Å². The Balaban J connectivity index is 1.45. The van der Waals surface area contributed by atoms with Crippen molar-refractivity contribution in [2.75, 3.05) is 11.7 Å². The zero-order valence-electron chi connectivity index (χ0n) is 19.5. The second-order valence-electron chi connectivity index (χ2n) is 8.27. The first-order valence-electron chi connectivity index (χ1n) is 11.4. The highest BCUT2D eigenvalue weighted by atomic mass is 32.2. The van der Waals surface area contributed by atoms with E-state index in [9.17, 15) is 19.3 Å². The molecule has 0 saturated heterocycles. The van der Waals surface area contributed by atoms with Gasteiger partial charge in [0, 0.05) is 23.1 Å². The van der Waals surface area contributed by atoms with Crippen molar-refractivity contribution in [3.63, 3.8) is 0 Å². The maximum absolute atomic E-state index is 13.7. The van der Waals surface area contributed by atoms with Gasteiger partial charge in [-0.3, -0.25) is 14.9 Å². The molecular formula is C28H21FN2O5S. The normalized spacial score (nSPS) is 11.8. The van der Waals surface area contributed by atoms with Gasteiger partial charge in [-0.1, -0.05) is 36.4 Å². The second-order valence-corrected chi connectivity index (χ2v) is 9.29. The predicted octanol–water partition coefficient (Wildman–Crippen LogP) is 6.60. The number of amides is 1. The summed E-state index contributed by atoms with van der Waals surface area (Å²) in [4.78, 5) is 27.0. The summed E-state index contributed by atoms with van der Waals surface area (Å²) in [7, 11) is 0. The lowest BCUT2D eigenvalue weighted by Crippen LogP contribution is -2.30. The highest BCUT2D eigenvalue weighted by Crippen LogP contribution is 2.35. The molecule has 0 bridgehead atoms. The van der Waals surface area contributed by atoms with E-state index >= 15 is 0 Å². The summed E-state index contributed by atoms with van der Waals surface area (Å²) >= 11 is 1.34. The molecule has 0 spiro atoms. The molecule has 0 aromatic heterocycles. The zero-order chi connectivity index (χ0) is 25.8. The fourth-order valence-corrected chi connectivity index (χ4v) is 4.89. The third-order valence-electron chi connectivity index (χ3n) is 5.80. The van der Waals surface area contributed by atoms with Gasteiger partial charge in [0.15, 0.2) is 11.5 Å². The summed E-state index contributed by atoms with van der Waals surface area (Å²) in [5.41, 5.74) is 2.25. The number of rotatable bonds is 8. The molecule has 186 valence electrons. The molecule has 9 heteroatoms. The average molecular weight is 517 g/mol. The van der Waals surface area contributed by atoms with E-state index in [0.29, 0.717) is 27.8 Å². The molecule has 0 saturated carbocycles. The SMILES string of the molecule is O=C(c1ccc(SCc2ccccc2)c([N+](=O)[O-])c1)N(Cc1ccc2c(c1)OCO2)c1ccc(F)cc1. The number of nitro benzene ring substituents is 1. The van der Waals surface area contributed by atoms with Crippen molar-refractivity contribution in [3.8, 4) is 11.5 Å². The van der Waals surface area contributed by atoms with Gasteiger partial charge in [-0.15, -0.1) is 11.8 Å². The van der Waals surface area contributed by atoms with Crippen LogP contribution < -0.4 is 14.4 Å². The minimum absolute atomic E-state index is 0.123. The van der Waals surface area contributed by atoms with Crippen molar-refractivity contribution < 1.29 is 23.6 Å². The van der Waals surface area contributed by atoms with Crippen LogP contribution in [0.15, 0.2) is 95.9 Å². The fraction of sp³-hybridized carbons (Fsp3) is 0.107. The standard InChI is InChI=1S/C28H21FN2O5S/c29-22-8-10-23(11-9-22)30(16-20-6-12-25-26(14-20)36-18-35-25)28(32)21-7-13-27(24(15-21)31(33)34)37-17-19-4-2-1-3-5-19/h1-15H,16-18H2. The fourth-order valence-electron chi connectivity index (χ4n) is 3.93. The van der Waals surface area contributed by atoms with Gasteiger partial charge in [-0.2, -0.15) is 0 Å². The molecule has 0 fully saturated rings. The van der Waals surface area contributed by atoms with Crippen LogP contribution >= 0.6 is 11.8 Å². The van der Waals surface area contributed by atoms with Gasteiger partial charge in [0.25, 0.3) is 11.6 Å². The first kappa shape index (κ1) is 24.3. The summed E-state index contributed by atoms with van der Waals surface area (Å²) in [5, 5.41) is 11.9. The van der Waals surface area contributed by atoms with Gasteiger partial charge in [0.05, 0.1) is 16.4 Å². The molecule has 0 N–H and O–H groups in total. The number of hydrogen-bond acceptors (Lipinski definition) is 6. The Morgan fingerprint density at radius 1 is 0.919 bits per heavy atom. The van der Waals surface area contributed by atoms with Crippen molar-refractivity contribution in [2.24, 2.45) is 0 Å². The number of fused-ring (bicyclic) bond motifs is 1. The van der Waals surface area contributed by atoms with Crippen LogP contribution in [0.5, 0.6) is 11.5 Å². The summed E-state index contributed by atoms with van der Waals surface area (Å²) < 4.78 is 24.4. The number of thioether (sulfide) groups is 1. The highest BCUT2D eigenvalue weighted by Gasteiger charge is 2.24. The van der Waals surface area contributed by atoms with Crippen molar-refractivity contribution >= 4 is 29.0 Å². The Morgan fingerprint density at radius 3 is 2.43 bits per heavy atom. The Morgan fingerprint density at radius 2 is 1.68 bits per heavy atom. The van der Waals surface area contributed by atoms with Crippen LogP contribution in [0, 0.1) is 15.9 Å². The molecule has 1 amide bonds. The van der Waals surface area contributed by atoms with Crippen LogP contribution in [0.3, 0.4) is 0 Å². The maximum atomic E-state index is 13.7. The molecule has 0 atom stereocenters. The topological polar surface area (TPSA) is 81.9 Å². The summed E-state index contributed by atoms with van der Waals surface area (Å²) in [6.07, 6.45) is 0. The lowest BCUT2D eigenvalue weighted by atomic mass is 10.1. The minimum atomic E-state index is -0.482. The monoisotopic (exact) mass is 516 g/mol. The van der Waals surface area contributed by atoms with Gasteiger partial charge in [-0.05, 0) is 59.7 Å². The number of nitrogens with zero attached hydrogens (tertiary/aromatic N) is 2. The molecule has 7 nitrogen and oxygen atoms in total. The molecule has 4 aromatic carbocycles. The third kappa shape index (κ3) is 5.57. The van der Waals surface area contributed by atoms with E-state index in [2.05, 4.69) is 0 Å². The molecule has 1 aliphatic heterocycles. The lowest BCUT2D eigenvalue weighted by Gasteiger charge is -2.23. The van der Waals surface area contributed by atoms with Crippen LogP contribution in [0.2, 0.25) is 0 Å². The van der Waals surface area contributed by atoms with Crippen molar-refractivity contribution in [1.82, 2.24) is 0 Å². The van der Waals surface area contributed by atoms with Gasteiger partial charge in [0.2, 0.25) is 6.79 Å². The predicted molar refractivity (Wildman–Crippen MR) is 139 cm³/mol. The average Bonchev–Trinajstić information content (AvgIpc) is 3.39. The van der Waals surface area contributed by atoms with E-state index < -0.39 is 16.6 Å². The van der Waals surface area contributed by atoms with E-state index in [0.717, 1.165) is 11.1 Å². The first-order chi connectivity index (χ1) is 18.0. The number of benzene rings is 4. The number of carbonyl (C=O) groups is 1. The number of anilines is 1. The molecular weight excluding hydrogens is 495 g/mol. The van der Waals surface area contributed by atoms with Crippen LogP contribution in [0.25, 0.3) is 0 Å². The quantitative estimate of drug-likeness (QED) is 0.149. The Labute approximate surface area is 216 Å². The van der Waals surface area contributed by atoms with Gasteiger partial charge < -0.3 is 14.4 Å². The molecule has 0 radical (unpaired) electrons. The van der Waals surface area contributed by atoms with Crippen molar-refractivity contribution in [1.29, 1.82) is 0 Å². The van der Waals surface area contributed by atoms with E-state index in [4.69, 9.17) is 9.47 Å². The van der Waals surface area contributed by atoms with Crippen molar-refractivity contribution in [2.45, 2.75) is 17.2 Å². The third-order valence-corrected chi connectivity index (χ3v) is 6.93. The smallest absolute Gasteiger partial charge is 0.283 e. The molecule has 1 heterocycles. The first-order valence-corrected chi connectivity index (χ1v) is 12.4. The molecule has 5 rings (SSSR count). The van der Waals surface area contributed by atoms with E-state index in [1.165, 1.54) is 47.0 Å². The lowest BCUT2D eigenvalue weighted by molar-refractivity contribution is -0.387. The Bertz CT molecular complexity index is 1450. The Hall–Kier alpha value is -4.37. The van der Waals surface area contributed by atoms with Crippen LogP contribution in [0.4, 0.5) is 15.8 Å². The number of carbonyl (C=O) groups excluding carboxylic acids is 1. The zero-order valence-corrected chi connectivity index (χ0v) is 20.3. The minimum Gasteiger partial charge on any atom is -0.454 e. The summed E-state index contributed by atoms with van der Waals surface area (Å²) in [6.45, 7) is 0.261. The van der Waals surface area contributed by atoms with Crippen LogP contribution in [0.1, 0.15) is 21.5 Å². The second kappa shape index (κ2) is 10.7. The maximum Gasteiger partial charge on any atom is 0.283 e. The summed E-state index contributed by atoms with van der Waals surface area (Å²) in [6, 6.07) is 25.0. The molecule has 0 aliphatic carbocycles. The number of halogens is 1. The molecule has 37 heavy (non-hydrogen) atoms. The van der Waals surface area contributed by atoms with Crippen molar-refractivity contribution in [3.05, 3.63) is 124 Å². The van der Waals surface area contributed by atoms with Gasteiger partial charge in [-0.25, -0.2) is 4.39 Å². The number of hydrogen-bond donors (Lipinski definition) is 0. The Kier molecular flexibility index (Phi) is 7.04. The van der Waals surface area contributed by atoms with E-state index in [1.807, 2.05) is 36.4 Å². The largest absolute Gasteiger partial charge is 0.454 e. The van der Waals surface area contributed by atoms with Gasteiger partial charge >= 0.3 is 0 Å². The molecule has 4 aromatic rings. The van der Waals surface area contributed by atoms with Crippen LogP contribution in [-0.2, 0) is 12.3 Å². The van der Waals surface area contributed by atoms with Gasteiger partial charge in [0.1, 0.15) is 5.82 Å².